The summed E-state index contributed by atoms with van der Waals surface area (Å²) in [5.74, 6) is 0.398. The molecule has 5 N–H and O–H groups in total. The van der Waals surface area contributed by atoms with E-state index >= 15 is 0 Å². The molecule has 0 unspecified atom stereocenters. The van der Waals surface area contributed by atoms with Crippen LogP contribution in [0.1, 0.15) is 73.8 Å². The van der Waals surface area contributed by atoms with Crippen molar-refractivity contribution < 1.29 is 33.4 Å². The number of aromatic nitrogens is 4. The molecule has 16 heteroatoms. The Hall–Kier alpha value is -6.19. The van der Waals surface area contributed by atoms with Gasteiger partial charge in [-0.2, -0.15) is 0 Å². The first-order chi connectivity index (χ1) is 26.0. The predicted molar refractivity (Wildman–Crippen MR) is 198 cm³/mol. The number of nitrogens with zero attached hydrogens (tertiary/aromatic N) is 4. The molecule has 0 bridgehead atoms. The van der Waals surface area contributed by atoms with Crippen molar-refractivity contribution in [1.29, 1.82) is 0 Å². The zero-order valence-corrected chi connectivity index (χ0v) is 30.9. The topological polar surface area (TPSA) is 204 Å². The predicted octanol–water partition coefficient (Wildman–Crippen LogP) is 4.31. The van der Waals surface area contributed by atoms with Crippen LogP contribution in [0, 0.1) is 0 Å². The minimum Gasteiger partial charge on any atom is -0.453 e. The van der Waals surface area contributed by atoms with Crippen molar-refractivity contribution in [3.8, 4) is 33.6 Å². The Kier molecular flexibility index (Phi) is 11.3. The van der Waals surface area contributed by atoms with E-state index in [1.54, 1.807) is 36.9 Å². The second-order valence-corrected chi connectivity index (χ2v) is 13.4. The molecule has 6 rings (SSSR count). The van der Waals surface area contributed by atoms with Gasteiger partial charge in [0.1, 0.15) is 35.1 Å². The molecule has 2 aliphatic rings. The number of hydrogen-bond acceptors (Lipinski definition) is 9. The number of H-pyrrole nitrogens is 2. The highest BCUT2D eigenvalue weighted by Crippen LogP contribution is 2.35. The summed E-state index contributed by atoms with van der Waals surface area (Å²) in [5, 5.41) is 7.75. The summed E-state index contributed by atoms with van der Waals surface area (Å²) in [4.78, 5) is 82.1. The van der Waals surface area contributed by atoms with E-state index in [1.165, 1.54) is 14.2 Å². The molecule has 2 fully saturated rings. The number of imidazole rings is 2. The minimum absolute atomic E-state index is 0.192. The fraction of sp³-hybridized carbons (Fsp3) is 0.395. The van der Waals surface area contributed by atoms with Gasteiger partial charge in [-0.25, -0.2) is 19.6 Å². The largest absolute Gasteiger partial charge is 0.453 e. The SMILES string of the molecule is CNC(=O)c1[nH]c([C@@H]2CCCN2C(=O)[C@H](C)NC(=O)OC)nc1-c1ccc(-c2ccc(-c3cnc([C@@H]4CCCN4C(=O)[C@H](C)NC(=O)OC)[nH]3)cc2)cc1. The van der Waals surface area contributed by atoms with Crippen LogP contribution in [0.2, 0.25) is 0 Å². The molecule has 2 aliphatic heterocycles. The summed E-state index contributed by atoms with van der Waals surface area (Å²) in [6, 6.07) is 13.6. The molecule has 4 heterocycles. The van der Waals surface area contributed by atoms with E-state index in [1.807, 2.05) is 48.5 Å². The summed E-state index contributed by atoms with van der Waals surface area (Å²) in [7, 11) is 4.05. The molecule has 16 nitrogen and oxygen atoms in total. The van der Waals surface area contributed by atoms with Crippen molar-refractivity contribution in [2.24, 2.45) is 0 Å². The number of ether oxygens (including phenoxy) is 2. The number of rotatable bonds is 10. The van der Waals surface area contributed by atoms with Gasteiger partial charge in [0, 0.05) is 25.7 Å². The van der Waals surface area contributed by atoms with E-state index in [2.05, 4.69) is 40.4 Å². The zero-order valence-electron chi connectivity index (χ0n) is 30.9. The highest BCUT2D eigenvalue weighted by molar-refractivity contribution is 5.98. The molecule has 2 aromatic carbocycles. The van der Waals surface area contributed by atoms with Crippen molar-refractivity contribution in [3.05, 3.63) is 72.1 Å². The molecule has 284 valence electrons. The van der Waals surface area contributed by atoms with Crippen LogP contribution >= 0.6 is 0 Å². The van der Waals surface area contributed by atoms with Crippen molar-refractivity contribution in [3.63, 3.8) is 0 Å². The summed E-state index contributed by atoms with van der Waals surface area (Å²) >= 11 is 0. The minimum atomic E-state index is -0.794. The van der Waals surface area contributed by atoms with E-state index in [0.29, 0.717) is 42.5 Å². The Morgan fingerprint density at radius 2 is 1.20 bits per heavy atom. The molecule has 2 saturated heterocycles. The van der Waals surface area contributed by atoms with Crippen molar-refractivity contribution >= 4 is 29.9 Å². The highest BCUT2D eigenvalue weighted by atomic mass is 16.5. The number of alkyl carbamates (subject to hydrolysis) is 2. The van der Waals surface area contributed by atoms with Gasteiger partial charge < -0.3 is 45.2 Å². The lowest BCUT2D eigenvalue weighted by molar-refractivity contribution is -0.134. The van der Waals surface area contributed by atoms with E-state index in [0.717, 1.165) is 47.2 Å². The first kappa shape index (κ1) is 37.6. The molecule has 2 aromatic heterocycles. The number of benzene rings is 2. The van der Waals surface area contributed by atoms with Gasteiger partial charge >= 0.3 is 12.2 Å². The van der Waals surface area contributed by atoms with Gasteiger partial charge in [-0.15, -0.1) is 0 Å². The van der Waals surface area contributed by atoms with Crippen LogP contribution in [0.15, 0.2) is 54.7 Å². The monoisotopic (exact) mass is 739 g/mol. The number of carbonyl (C=O) groups is 5. The lowest BCUT2D eigenvalue weighted by Crippen LogP contribution is -2.46. The van der Waals surface area contributed by atoms with E-state index in [9.17, 15) is 24.0 Å². The van der Waals surface area contributed by atoms with Gasteiger partial charge in [0.15, 0.2) is 0 Å². The van der Waals surface area contributed by atoms with Gasteiger partial charge in [-0.05, 0) is 56.2 Å². The van der Waals surface area contributed by atoms with E-state index < -0.39 is 24.3 Å². The normalized spacial score (nSPS) is 17.8. The quantitative estimate of drug-likeness (QED) is 0.157. The van der Waals surface area contributed by atoms with E-state index in [-0.39, 0.29) is 29.8 Å². The fourth-order valence-corrected chi connectivity index (χ4v) is 7.08. The Morgan fingerprint density at radius 3 is 1.70 bits per heavy atom. The van der Waals surface area contributed by atoms with Gasteiger partial charge in [0.05, 0.1) is 38.2 Å². The maximum absolute atomic E-state index is 13.3. The lowest BCUT2D eigenvalue weighted by Gasteiger charge is -2.26. The first-order valence-electron chi connectivity index (χ1n) is 17.9. The summed E-state index contributed by atoms with van der Waals surface area (Å²) in [5.41, 5.74) is 5.18. The lowest BCUT2D eigenvalue weighted by atomic mass is 10.0. The maximum atomic E-state index is 13.3. The number of nitrogens with one attached hydrogen (secondary N) is 5. The molecule has 4 atom stereocenters. The Labute approximate surface area is 312 Å². The Balaban J connectivity index is 1.16. The van der Waals surface area contributed by atoms with Crippen LogP contribution in [0.5, 0.6) is 0 Å². The molecular weight excluding hydrogens is 694 g/mol. The van der Waals surface area contributed by atoms with Crippen molar-refractivity contribution in [2.45, 2.75) is 63.7 Å². The van der Waals surface area contributed by atoms with Crippen LogP contribution in [0.3, 0.4) is 0 Å². The Morgan fingerprint density at radius 1 is 0.722 bits per heavy atom. The van der Waals surface area contributed by atoms with Gasteiger partial charge in [0.2, 0.25) is 11.8 Å². The first-order valence-corrected chi connectivity index (χ1v) is 17.9. The zero-order chi connectivity index (χ0) is 38.5. The number of aromatic amines is 2. The number of hydrogen-bond donors (Lipinski definition) is 5. The Bertz CT molecular complexity index is 2010. The maximum Gasteiger partial charge on any atom is 0.407 e. The third-order valence-corrected chi connectivity index (χ3v) is 9.94. The average Bonchev–Trinajstić information content (AvgIpc) is 4.03. The standard InChI is InChI=1S/C38H45N9O7/c1-21(41-37(51)53-4)35(49)46-18-6-8-28(46)32-40-20-27(43-32)25-14-10-23(11-15-25)24-12-16-26(17-13-24)30-31(34(48)39-3)45-33(44-30)29-9-7-19-47(29)36(50)22(2)42-38(52)54-5/h10-17,20-22,28-29H,6-9,18-19H2,1-5H3,(H,39,48)(H,40,43)(H,41,51)(H,42,52)(H,44,45)/t21-,22-,28-,29-/m0/s1. The number of methoxy groups -OCH3 is 2. The van der Waals surface area contributed by atoms with Crippen LogP contribution in [-0.2, 0) is 19.1 Å². The molecule has 0 radical (unpaired) electrons. The average molecular weight is 740 g/mol. The van der Waals surface area contributed by atoms with Crippen molar-refractivity contribution in [2.75, 3.05) is 34.4 Å². The van der Waals surface area contributed by atoms with Crippen LogP contribution in [0.25, 0.3) is 33.6 Å². The van der Waals surface area contributed by atoms with Crippen LogP contribution < -0.4 is 16.0 Å². The summed E-state index contributed by atoms with van der Waals surface area (Å²) < 4.78 is 9.28. The number of amides is 5. The molecule has 4 aromatic rings. The van der Waals surface area contributed by atoms with Crippen molar-refractivity contribution in [1.82, 2.24) is 45.7 Å². The molecule has 0 spiro atoms. The molecule has 0 saturated carbocycles. The van der Waals surface area contributed by atoms with Gasteiger partial charge in [0.25, 0.3) is 5.91 Å². The molecule has 0 aliphatic carbocycles. The summed E-state index contributed by atoms with van der Waals surface area (Å²) in [6.07, 6.45) is 3.41. The second-order valence-electron chi connectivity index (χ2n) is 13.4. The number of carbonyl (C=O) groups excluding carboxylic acids is 5. The van der Waals surface area contributed by atoms with Crippen LogP contribution in [-0.4, -0.2) is 106 Å². The van der Waals surface area contributed by atoms with Crippen LogP contribution in [0.4, 0.5) is 9.59 Å². The third-order valence-electron chi connectivity index (χ3n) is 9.94. The smallest absolute Gasteiger partial charge is 0.407 e. The fourth-order valence-electron chi connectivity index (χ4n) is 7.08. The molecular formula is C38H45N9O7. The number of likely N-dealkylation sites (tertiary alicyclic amines) is 2. The molecule has 5 amide bonds. The summed E-state index contributed by atoms with van der Waals surface area (Å²) in [6.45, 7) is 4.31. The third kappa shape index (κ3) is 7.77. The highest BCUT2D eigenvalue weighted by Gasteiger charge is 2.37. The molecule has 54 heavy (non-hydrogen) atoms. The van der Waals surface area contributed by atoms with Gasteiger partial charge in [-0.3, -0.25) is 14.4 Å². The van der Waals surface area contributed by atoms with E-state index in [4.69, 9.17) is 4.98 Å². The second kappa shape index (κ2) is 16.2. The van der Waals surface area contributed by atoms with Gasteiger partial charge in [-0.1, -0.05) is 48.5 Å².